The van der Waals surface area contributed by atoms with E-state index in [4.69, 9.17) is 0 Å². The SMILES string of the molecule is Cc1ccc(-n2c(SCC(=O)N/N=C\c3cccc(Br)c3)nnc2-c2ccncc2)cc1. The molecule has 7 nitrogen and oxygen atoms in total. The number of aromatic nitrogens is 4. The van der Waals surface area contributed by atoms with E-state index >= 15 is 0 Å². The summed E-state index contributed by atoms with van der Waals surface area (Å²) in [6.07, 6.45) is 5.03. The zero-order valence-electron chi connectivity index (χ0n) is 17.1. The smallest absolute Gasteiger partial charge is 0.250 e. The van der Waals surface area contributed by atoms with Gasteiger partial charge in [-0.15, -0.1) is 10.2 Å². The minimum atomic E-state index is -0.231. The highest BCUT2D eigenvalue weighted by Crippen LogP contribution is 2.27. The summed E-state index contributed by atoms with van der Waals surface area (Å²) in [5.74, 6) is 0.605. The van der Waals surface area contributed by atoms with Crippen molar-refractivity contribution in [2.24, 2.45) is 5.10 Å². The Hall–Kier alpha value is -3.30. The highest BCUT2D eigenvalue weighted by atomic mass is 79.9. The second-order valence-corrected chi connectivity index (χ2v) is 8.71. The third kappa shape index (κ3) is 5.49. The van der Waals surface area contributed by atoms with Crippen LogP contribution < -0.4 is 5.43 Å². The van der Waals surface area contributed by atoms with Crippen molar-refractivity contribution in [1.29, 1.82) is 0 Å². The van der Waals surface area contributed by atoms with Crippen LogP contribution in [0.2, 0.25) is 0 Å². The number of aryl methyl sites for hydroxylation is 1. The van der Waals surface area contributed by atoms with E-state index in [-0.39, 0.29) is 11.7 Å². The molecule has 0 aliphatic heterocycles. The lowest BCUT2D eigenvalue weighted by atomic mass is 10.2. The number of nitrogens with zero attached hydrogens (tertiary/aromatic N) is 5. The van der Waals surface area contributed by atoms with Crippen LogP contribution in [0.25, 0.3) is 17.1 Å². The summed E-state index contributed by atoms with van der Waals surface area (Å²) in [6, 6.07) is 19.5. The van der Waals surface area contributed by atoms with E-state index in [1.165, 1.54) is 11.8 Å². The number of thioether (sulfide) groups is 1. The van der Waals surface area contributed by atoms with Gasteiger partial charge in [0.1, 0.15) is 0 Å². The summed E-state index contributed by atoms with van der Waals surface area (Å²) in [4.78, 5) is 16.4. The molecular formula is C23H19BrN6OS. The Morgan fingerprint density at radius 2 is 1.91 bits per heavy atom. The fourth-order valence-corrected chi connectivity index (χ4v) is 4.07. The third-order valence-corrected chi connectivity index (χ3v) is 5.87. The van der Waals surface area contributed by atoms with Crippen LogP contribution in [0.15, 0.2) is 87.8 Å². The Labute approximate surface area is 198 Å². The molecule has 0 atom stereocenters. The largest absolute Gasteiger partial charge is 0.272 e. The van der Waals surface area contributed by atoms with Gasteiger partial charge in [0.15, 0.2) is 11.0 Å². The molecule has 160 valence electrons. The first-order valence-corrected chi connectivity index (χ1v) is 11.5. The minimum absolute atomic E-state index is 0.149. The number of hydrazone groups is 1. The van der Waals surface area contributed by atoms with Crippen LogP contribution in [0.3, 0.4) is 0 Å². The van der Waals surface area contributed by atoms with Crippen molar-refractivity contribution in [3.05, 3.63) is 88.7 Å². The molecule has 0 aliphatic carbocycles. The predicted molar refractivity (Wildman–Crippen MR) is 130 cm³/mol. The van der Waals surface area contributed by atoms with Gasteiger partial charge in [-0.2, -0.15) is 5.10 Å². The fourth-order valence-electron chi connectivity index (χ4n) is 2.91. The van der Waals surface area contributed by atoms with E-state index in [0.29, 0.717) is 11.0 Å². The molecule has 0 spiro atoms. The van der Waals surface area contributed by atoms with Gasteiger partial charge >= 0.3 is 0 Å². The average Bonchev–Trinajstić information content (AvgIpc) is 3.23. The van der Waals surface area contributed by atoms with Gasteiger partial charge in [0.25, 0.3) is 5.91 Å². The van der Waals surface area contributed by atoms with Crippen molar-refractivity contribution in [3.8, 4) is 17.1 Å². The van der Waals surface area contributed by atoms with E-state index in [0.717, 1.165) is 26.9 Å². The van der Waals surface area contributed by atoms with Crippen LogP contribution in [0.5, 0.6) is 0 Å². The maximum atomic E-state index is 12.3. The Balaban J connectivity index is 1.50. The molecule has 1 amide bonds. The number of carbonyl (C=O) groups excluding carboxylic acids is 1. The maximum Gasteiger partial charge on any atom is 0.250 e. The second-order valence-electron chi connectivity index (χ2n) is 6.85. The van der Waals surface area contributed by atoms with Gasteiger partial charge in [-0.05, 0) is 48.9 Å². The number of halogens is 1. The van der Waals surface area contributed by atoms with Gasteiger partial charge in [0, 0.05) is 28.1 Å². The first-order chi connectivity index (χ1) is 15.6. The molecule has 0 unspecified atom stereocenters. The molecule has 0 fully saturated rings. The van der Waals surface area contributed by atoms with E-state index in [9.17, 15) is 4.79 Å². The topological polar surface area (TPSA) is 85.1 Å². The molecule has 1 N–H and O–H groups in total. The zero-order chi connectivity index (χ0) is 22.3. The molecular weight excluding hydrogens is 488 g/mol. The minimum Gasteiger partial charge on any atom is -0.272 e. The summed E-state index contributed by atoms with van der Waals surface area (Å²) in [5, 5.41) is 13.4. The van der Waals surface area contributed by atoms with Gasteiger partial charge in [0.2, 0.25) is 0 Å². The Morgan fingerprint density at radius 3 is 2.66 bits per heavy atom. The molecule has 0 aliphatic rings. The first-order valence-electron chi connectivity index (χ1n) is 9.73. The second kappa shape index (κ2) is 10.3. The van der Waals surface area contributed by atoms with Crippen molar-refractivity contribution in [2.75, 3.05) is 5.75 Å². The number of pyridine rings is 1. The fraction of sp³-hybridized carbons (Fsp3) is 0.0870. The number of nitrogens with one attached hydrogen (secondary N) is 1. The molecule has 0 radical (unpaired) electrons. The van der Waals surface area contributed by atoms with Gasteiger partial charge in [-0.1, -0.05) is 57.5 Å². The van der Waals surface area contributed by atoms with Gasteiger partial charge in [-0.25, -0.2) is 5.43 Å². The van der Waals surface area contributed by atoms with Crippen molar-refractivity contribution in [1.82, 2.24) is 25.2 Å². The van der Waals surface area contributed by atoms with Gasteiger partial charge in [-0.3, -0.25) is 14.3 Å². The van der Waals surface area contributed by atoms with E-state index in [2.05, 4.69) is 41.6 Å². The van der Waals surface area contributed by atoms with Gasteiger partial charge in [0.05, 0.1) is 12.0 Å². The van der Waals surface area contributed by atoms with Crippen molar-refractivity contribution in [3.63, 3.8) is 0 Å². The third-order valence-electron chi connectivity index (χ3n) is 4.45. The van der Waals surface area contributed by atoms with E-state index < -0.39 is 0 Å². The van der Waals surface area contributed by atoms with Crippen molar-refractivity contribution < 1.29 is 4.79 Å². The molecule has 2 aromatic heterocycles. The summed E-state index contributed by atoms with van der Waals surface area (Å²) >= 11 is 4.71. The average molecular weight is 507 g/mol. The van der Waals surface area contributed by atoms with Crippen LogP contribution in [0.1, 0.15) is 11.1 Å². The van der Waals surface area contributed by atoms with E-state index in [1.807, 2.05) is 72.2 Å². The molecule has 0 saturated carbocycles. The van der Waals surface area contributed by atoms with Crippen LogP contribution in [-0.4, -0.2) is 37.6 Å². The van der Waals surface area contributed by atoms with E-state index in [1.54, 1.807) is 18.6 Å². The summed E-state index contributed by atoms with van der Waals surface area (Å²) in [6.45, 7) is 2.04. The Kier molecular flexibility index (Phi) is 7.08. The highest BCUT2D eigenvalue weighted by Gasteiger charge is 2.17. The quantitative estimate of drug-likeness (QED) is 0.224. The molecule has 2 heterocycles. The lowest BCUT2D eigenvalue weighted by molar-refractivity contribution is -0.118. The summed E-state index contributed by atoms with van der Waals surface area (Å²) < 4.78 is 2.89. The number of hydrogen-bond acceptors (Lipinski definition) is 6. The number of rotatable bonds is 7. The Morgan fingerprint density at radius 1 is 1.12 bits per heavy atom. The molecule has 4 rings (SSSR count). The molecule has 0 bridgehead atoms. The Bertz CT molecular complexity index is 1240. The van der Waals surface area contributed by atoms with Crippen LogP contribution in [-0.2, 0) is 4.79 Å². The normalized spacial score (nSPS) is 11.1. The number of carbonyl (C=O) groups is 1. The summed E-state index contributed by atoms with van der Waals surface area (Å²) in [7, 11) is 0. The molecule has 9 heteroatoms. The molecule has 2 aromatic carbocycles. The van der Waals surface area contributed by atoms with Crippen molar-refractivity contribution in [2.45, 2.75) is 12.1 Å². The standard InChI is InChI=1S/C23H19BrN6OS/c1-16-5-7-20(8-6-16)30-22(18-9-11-25-12-10-18)28-29-23(30)32-15-21(31)27-26-14-17-3-2-4-19(24)13-17/h2-14H,15H2,1H3,(H,27,31)/b26-14-. The molecule has 4 aromatic rings. The van der Waals surface area contributed by atoms with Crippen LogP contribution in [0, 0.1) is 6.92 Å². The highest BCUT2D eigenvalue weighted by molar-refractivity contribution is 9.10. The number of hydrogen-bond donors (Lipinski definition) is 1. The zero-order valence-corrected chi connectivity index (χ0v) is 19.5. The number of benzene rings is 2. The number of amides is 1. The first kappa shape index (κ1) is 21.9. The monoisotopic (exact) mass is 506 g/mol. The van der Waals surface area contributed by atoms with Crippen molar-refractivity contribution >= 4 is 39.8 Å². The molecule has 32 heavy (non-hydrogen) atoms. The lowest BCUT2D eigenvalue weighted by Gasteiger charge is -2.10. The maximum absolute atomic E-state index is 12.3. The lowest BCUT2D eigenvalue weighted by Crippen LogP contribution is -2.20. The van der Waals surface area contributed by atoms with Crippen LogP contribution in [0.4, 0.5) is 0 Å². The molecule has 0 saturated heterocycles. The predicted octanol–water partition coefficient (Wildman–Crippen LogP) is 4.64. The summed E-state index contributed by atoms with van der Waals surface area (Å²) in [5.41, 5.74) is 6.41. The van der Waals surface area contributed by atoms with Crippen LogP contribution >= 0.6 is 27.7 Å². The van der Waals surface area contributed by atoms with Gasteiger partial charge < -0.3 is 0 Å².